The summed E-state index contributed by atoms with van der Waals surface area (Å²) in [4.78, 5) is 33.8. The Bertz CT molecular complexity index is 2230. The average Bonchev–Trinajstić information content (AvgIpc) is 4.19. The summed E-state index contributed by atoms with van der Waals surface area (Å²) in [6.07, 6.45) is 13.4. The minimum absolute atomic E-state index is 0. The van der Waals surface area contributed by atoms with Crippen LogP contribution in [-0.2, 0) is 23.7 Å². The number of nitrogens with two attached hydrogens (primary N) is 3. The lowest BCUT2D eigenvalue weighted by Crippen LogP contribution is -2.27. The van der Waals surface area contributed by atoms with E-state index in [-0.39, 0.29) is 47.8 Å². The van der Waals surface area contributed by atoms with Crippen LogP contribution in [0, 0.1) is 0 Å². The molecule has 374 valence electrons. The van der Waals surface area contributed by atoms with Gasteiger partial charge in [-0.25, -0.2) is 39.9 Å². The van der Waals surface area contributed by atoms with E-state index >= 15 is 0 Å². The Morgan fingerprint density at radius 2 is 1.37 bits per heavy atom. The Hall–Kier alpha value is -5.26. The van der Waals surface area contributed by atoms with Crippen LogP contribution in [0.4, 0.5) is 17.5 Å². The number of aromatic nitrogens is 10. The van der Waals surface area contributed by atoms with Crippen LogP contribution in [0.3, 0.4) is 0 Å². The number of thiocarbonyl (C=S) groups is 2. The normalized spacial score (nSPS) is 22.5. The van der Waals surface area contributed by atoms with Crippen molar-refractivity contribution in [1.29, 1.82) is 0 Å². The fraction of sp³-hybridized carbons (Fsp3) is 0.561. The van der Waals surface area contributed by atoms with Gasteiger partial charge in [-0.3, -0.25) is 13.7 Å². The van der Waals surface area contributed by atoms with Crippen LogP contribution < -0.4 is 17.2 Å². The summed E-state index contributed by atoms with van der Waals surface area (Å²) in [6.45, 7) is 12.8. The maximum absolute atomic E-state index is 10.1. The summed E-state index contributed by atoms with van der Waals surface area (Å²) in [5.41, 5.74) is 22.0. The number of aliphatic hydroxyl groups is 3. The van der Waals surface area contributed by atoms with Crippen molar-refractivity contribution in [3.05, 3.63) is 43.9 Å². The topological polar surface area (TPSA) is 365 Å². The van der Waals surface area contributed by atoms with Crippen molar-refractivity contribution >= 4 is 87.6 Å². The lowest BCUT2D eigenvalue weighted by Gasteiger charge is -2.23. The molecule has 3 aliphatic heterocycles. The Balaban J connectivity index is 0.000000615. The summed E-state index contributed by atoms with van der Waals surface area (Å²) >= 11 is 8.42. The Morgan fingerprint density at radius 1 is 0.806 bits per heavy atom. The zero-order valence-corrected chi connectivity index (χ0v) is 40.4. The van der Waals surface area contributed by atoms with Gasteiger partial charge in [-0.1, -0.05) is 52.4 Å². The molecule has 5 aromatic heterocycles. The monoisotopic (exact) mass is 980 g/mol. The highest BCUT2D eigenvalue weighted by Gasteiger charge is 2.40. The molecule has 0 radical (unpaired) electrons. The molecule has 3 aliphatic rings. The highest BCUT2D eigenvalue weighted by Crippen LogP contribution is 2.39. The number of rotatable bonds is 13. The summed E-state index contributed by atoms with van der Waals surface area (Å²) in [7, 11) is 2.00. The van der Waals surface area contributed by atoms with Crippen molar-refractivity contribution in [2.75, 3.05) is 38.9 Å². The Kier molecular flexibility index (Phi) is 27.6. The van der Waals surface area contributed by atoms with Gasteiger partial charge in [-0.05, 0) is 44.3 Å². The maximum atomic E-state index is 10.1. The highest BCUT2D eigenvalue weighted by atomic mass is 32.1. The van der Waals surface area contributed by atoms with E-state index in [1.807, 2.05) is 16.1 Å². The van der Waals surface area contributed by atoms with Gasteiger partial charge < -0.3 is 67.2 Å². The van der Waals surface area contributed by atoms with E-state index in [4.69, 9.17) is 51.1 Å². The van der Waals surface area contributed by atoms with Gasteiger partial charge in [0.25, 0.3) is 0 Å². The lowest BCUT2D eigenvalue weighted by atomic mass is 10.1. The van der Waals surface area contributed by atoms with Crippen molar-refractivity contribution in [2.24, 2.45) is 10.7 Å². The van der Waals surface area contributed by atoms with E-state index in [1.165, 1.54) is 31.0 Å². The Labute approximate surface area is 400 Å². The fourth-order valence-corrected chi connectivity index (χ4v) is 7.33. The summed E-state index contributed by atoms with van der Waals surface area (Å²) in [6, 6.07) is 0. The SMILES string of the molecule is C=C(N)c1ncn(C2OC(CCC)C[C@H]2OCC2CCC(n3cnc4c(N)ncnc43)O2)c1/N=C\C.C=S.CCC.CO.CO.Nc1ncnc2c1ncn2C1OC(COC=S)C[C@H]1O.O.O. The van der Waals surface area contributed by atoms with Gasteiger partial charge in [0.1, 0.15) is 60.0 Å². The first kappa shape index (κ1) is 59.8. The number of anilines is 2. The van der Waals surface area contributed by atoms with Crippen LogP contribution in [-0.4, -0.2) is 150 Å². The molecule has 8 rings (SSSR count). The molecule has 26 heteroatoms. The number of aliphatic hydroxyl groups excluding tert-OH is 3. The van der Waals surface area contributed by atoms with E-state index in [2.05, 4.69) is 97.5 Å². The molecule has 67 heavy (non-hydrogen) atoms. The second-order valence-corrected chi connectivity index (χ2v) is 14.5. The van der Waals surface area contributed by atoms with E-state index in [0.717, 1.165) is 46.3 Å². The fourth-order valence-electron chi connectivity index (χ4n) is 7.25. The van der Waals surface area contributed by atoms with E-state index < -0.39 is 12.3 Å². The molecular weight excluding hydrogens is 913 g/mol. The molecule has 13 N–H and O–H groups in total. The summed E-state index contributed by atoms with van der Waals surface area (Å²) < 4.78 is 35.4. The lowest BCUT2D eigenvalue weighted by molar-refractivity contribution is -0.0954. The molecule has 0 amide bonds. The molecule has 3 fully saturated rings. The van der Waals surface area contributed by atoms with Gasteiger partial charge in [0, 0.05) is 33.3 Å². The number of aliphatic imine (C=N–C) groups is 1. The third-order valence-electron chi connectivity index (χ3n) is 9.81. The van der Waals surface area contributed by atoms with Gasteiger partial charge in [-0.15, -0.1) is 0 Å². The van der Waals surface area contributed by atoms with Crippen molar-refractivity contribution in [2.45, 2.75) is 122 Å². The van der Waals surface area contributed by atoms with Crippen LogP contribution in [0.1, 0.15) is 97.0 Å². The molecular formula is C41H68N14O10S2. The number of nitrogen functional groups attached to an aromatic ring is 2. The average molecular weight is 981 g/mol. The predicted octanol–water partition coefficient (Wildman–Crippen LogP) is 2.74. The van der Waals surface area contributed by atoms with Crippen molar-refractivity contribution in [1.82, 2.24) is 48.6 Å². The first-order valence-electron chi connectivity index (χ1n) is 21.0. The molecule has 24 nitrogen and oxygen atoms in total. The maximum Gasteiger partial charge on any atom is 0.167 e. The minimum atomic E-state index is -0.678. The third-order valence-corrected chi connectivity index (χ3v) is 9.94. The van der Waals surface area contributed by atoms with Gasteiger partial charge in [0.2, 0.25) is 0 Å². The van der Waals surface area contributed by atoms with Gasteiger partial charge in [0.15, 0.2) is 41.2 Å². The first-order valence-corrected chi connectivity index (χ1v) is 22.0. The molecule has 0 aromatic carbocycles. The summed E-state index contributed by atoms with van der Waals surface area (Å²) in [5, 5.41) is 24.1. The first-order chi connectivity index (χ1) is 31.6. The molecule has 0 saturated carbocycles. The zero-order valence-electron chi connectivity index (χ0n) is 38.8. The quantitative estimate of drug-likeness (QED) is 0.0729. The molecule has 8 heterocycles. The van der Waals surface area contributed by atoms with Gasteiger partial charge >= 0.3 is 0 Å². The second-order valence-electron chi connectivity index (χ2n) is 14.3. The predicted molar refractivity (Wildman–Crippen MR) is 263 cm³/mol. The molecule has 3 saturated heterocycles. The highest BCUT2D eigenvalue weighted by molar-refractivity contribution is 7.78. The molecule has 0 spiro atoms. The van der Waals surface area contributed by atoms with E-state index in [9.17, 15) is 5.11 Å². The smallest absolute Gasteiger partial charge is 0.167 e. The number of nitrogens with zero attached hydrogens (tertiary/aromatic N) is 11. The van der Waals surface area contributed by atoms with Crippen LogP contribution in [0.15, 0.2) is 43.2 Å². The van der Waals surface area contributed by atoms with Gasteiger partial charge in [0.05, 0.1) is 49.6 Å². The minimum Gasteiger partial charge on any atom is -0.487 e. The number of hydrogen-bond acceptors (Lipinski definition) is 21. The molecule has 0 aliphatic carbocycles. The third kappa shape index (κ3) is 15.1. The molecule has 6 unspecified atom stereocenters. The van der Waals surface area contributed by atoms with Gasteiger partial charge in [-0.2, -0.15) is 0 Å². The largest absolute Gasteiger partial charge is 0.487 e. The number of hydrogen-bond donors (Lipinski definition) is 6. The van der Waals surface area contributed by atoms with Crippen molar-refractivity contribution in [3.8, 4) is 0 Å². The van der Waals surface area contributed by atoms with E-state index in [1.54, 1.807) is 23.4 Å². The molecule has 5 aromatic rings. The van der Waals surface area contributed by atoms with Crippen molar-refractivity contribution < 1.29 is 50.0 Å². The second kappa shape index (κ2) is 30.9. The van der Waals surface area contributed by atoms with Crippen molar-refractivity contribution in [3.63, 3.8) is 0 Å². The molecule has 0 bridgehead atoms. The summed E-state index contributed by atoms with van der Waals surface area (Å²) in [5.74, 6) is 4.10. The van der Waals surface area contributed by atoms with Crippen LogP contribution in [0.2, 0.25) is 0 Å². The number of ether oxygens (including phenoxy) is 5. The Morgan fingerprint density at radius 3 is 1.94 bits per heavy atom. The van der Waals surface area contributed by atoms with E-state index in [0.29, 0.717) is 70.8 Å². The van der Waals surface area contributed by atoms with Crippen LogP contribution in [0.5, 0.6) is 0 Å². The standard InChI is InChI=1S/C24H33N9O3.C11H13N5O3S.C3H8.2CH4O.CH2S.2H2O/c1-4-6-15-9-17(24(36-15)33-13-30-19(14(3)25)22(33)27-5-2)34-10-16-7-8-18(35-16)32-12-31-20-21(26)28-11-29-23(20)32;12-9-8-10(14-3-13-9)16(4-15-8)11-7(17)1-6(19-11)2-18-5-20;1-3-2;3*1-2;;/h5,11-13,15-18,24H,3-4,6-10,25H2,1-2H3,(H2,26,28,29);3-7,11,17H,1-2H2,(H2,12,13,14);3H2,1-2H3;2*2H,1H3;1H2;2*1H2/b27-5-;;;;;;;/t15?,16?,17-,18?,24?;6?,7-,11?;;;;;;/m11....../s1. The van der Waals surface area contributed by atoms with Crippen LogP contribution in [0.25, 0.3) is 28.0 Å². The molecule has 8 atom stereocenters. The zero-order chi connectivity index (χ0) is 48.1. The number of imidazole rings is 3. The van der Waals surface area contributed by atoms with Crippen LogP contribution >= 0.6 is 24.4 Å². The number of fused-ring (bicyclic) bond motifs is 2.